The van der Waals surface area contributed by atoms with Gasteiger partial charge in [-0.05, 0) is 50.2 Å². The molecular formula is C23H23N5O4. The van der Waals surface area contributed by atoms with Crippen molar-refractivity contribution >= 4 is 17.2 Å². The summed E-state index contributed by atoms with van der Waals surface area (Å²) in [7, 11) is 0. The third-order valence-corrected chi connectivity index (χ3v) is 4.72. The van der Waals surface area contributed by atoms with E-state index in [1.54, 1.807) is 42.5 Å². The fourth-order valence-electron chi connectivity index (χ4n) is 3.27. The minimum atomic E-state index is -0.951. The van der Waals surface area contributed by atoms with Crippen molar-refractivity contribution in [3.05, 3.63) is 71.8 Å². The fraction of sp³-hybridized carbons (Fsp3) is 0.217. The molecule has 0 saturated carbocycles. The molecule has 0 aliphatic carbocycles. The number of carbonyl (C=O) groups excluding carboxylic acids is 1. The molecule has 0 aliphatic rings. The molecule has 0 fully saturated rings. The number of fused-ring (bicyclic) bond motifs is 1. The van der Waals surface area contributed by atoms with Gasteiger partial charge in [-0.2, -0.15) is 5.10 Å². The van der Waals surface area contributed by atoms with Crippen molar-refractivity contribution < 1.29 is 19.7 Å². The monoisotopic (exact) mass is 433 g/mol. The Bertz CT molecular complexity index is 1250. The van der Waals surface area contributed by atoms with Crippen LogP contribution < -0.4 is 10.1 Å². The summed E-state index contributed by atoms with van der Waals surface area (Å²) in [5.41, 5.74) is 4.50. The number of rotatable bonds is 7. The summed E-state index contributed by atoms with van der Waals surface area (Å²) in [6, 6.07) is 14.4. The standard InChI is InChI=1S/C23H23N5O4/c1-14-8-17(9-15(2)25-14)26-23(31)21-11-24-22-7-6-20(27-28(21)22)16-4-3-5-19(10-16)32-13-18(30)12-29/h3-11,18,29-30H,12-13H2,1-2H3,(H,25,26,31). The number of aliphatic hydroxyl groups is 2. The van der Waals surface area contributed by atoms with Crippen LogP contribution in [0.15, 0.2) is 54.7 Å². The van der Waals surface area contributed by atoms with Crippen molar-refractivity contribution in [3.8, 4) is 17.0 Å². The minimum absolute atomic E-state index is 0.0216. The summed E-state index contributed by atoms with van der Waals surface area (Å²) in [6.07, 6.45) is 0.533. The number of imidazole rings is 1. The second kappa shape index (κ2) is 9.13. The molecule has 164 valence electrons. The second-order valence-electron chi connectivity index (χ2n) is 7.40. The van der Waals surface area contributed by atoms with Crippen LogP contribution in [0.25, 0.3) is 16.9 Å². The Labute approximate surface area is 184 Å². The third-order valence-electron chi connectivity index (χ3n) is 4.72. The number of ether oxygens (including phenoxy) is 1. The van der Waals surface area contributed by atoms with Crippen molar-refractivity contribution in [3.63, 3.8) is 0 Å². The maximum absolute atomic E-state index is 12.9. The summed E-state index contributed by atoms with van der Waals surface area (Å²) < 4.78 is 7.01. The van der Waals surface area contributed by atoms with Crippen LogP contribution in [0.4, 0.5) is 5.69 Å². The lowest BCUT2D eigenvalue weighted by Gasteiger charge is -2.11. The predicted octanol–water partition coefficient (Wildman–Crippen LogP) is 2.39. The minimum Gasteiger partial charge on any atom is -0.491 e. The number of benzene rings is 1. The first-order valence-corrected chi connectivity index (χ1v) is 10.1. The van der Waals surface area contributed by atoms with Crippen LogP contribution in [0.1, 0.15) is 21.9 Å². The van der Waals surface area contributed by atoms with Gasteiger partial charge in [0.2, 0.25) is 0 Å². The Balaban J connectivity index is 1.61. The van der Waals surface area contributed by atoms with E-state index in [9.17, 15) is 9.90 Å². The summed E-state index contributed by atoms with van der Waals surface area (Å²) in [5.74, 6) is 0.200. The van der Waals surface area contributed by atoms with Gasteiger partial charge in [0.25, 0.3) is 5.91 Å². The maximum Gasteiger partial charge on any atom is 0.276 e. The summed E-state index contributed by atoms with van der Waals surface area (Å²) in [6.45, 7) is 3.34. The number of aryl methyl sites for hydroxylation is 2. The molecule has 4 aromatic rings. The molecule has 9 heteroatoms. The smallest absolute Gasteiger partial charge is 0.276 e. The number of nitrogens with zero attached hydrogens (tertiary/aromatic N) is 4. The molecule has 1 amide bonds. The van der Waals surface area contributed by atoms with Gasteiger partial charge in [-0.25, -0.2) is 9.50 Å². The van der Waals surface area contributed by atoms with E-state index in [0.717, 1.165) is 17.0 Å². The molecule has 0 spiro atoms. The Morgan fingerprint density at radius 3 is 2.69 bits per heavy atom. The first-order valence-electron chi connectivity index (χ1n) is 10.1. The van der Waals surface area contributed by atoms with Crippen LogP contribution in [0, 0.1) is 13.8 Å². The molecule has 1 aromatic carbocycles. The number of hydrogen-bond donors (Lipinski definition) is 3. The Hall–Kier alpha value is -3.82. The zero-order valence-electron chi connectivity index (χ0n) is 17.7. The number of anilines is 1. The number of aromatic nitrogens is 4. The van der Waals surface area contributed by atoms with Crippen molar-refractivity contribution in [2.75, 3.05) is 18.5 Å². The molecule has 3 aromatic heterocycles. The number of nitrogens with one attached hydrogen (secondary N) is 1. The van der Waals surface area contributed by atoms with Crippen LogP contribution in [-0.2, 0) is 0 Å². The Kier molecular flexibility index (Phi) is 6.11. The first-order chi connectivity index (χ1) is 15.4. The molecule has 9 nitrogen and oxygen atoms in total. The number of hydrogen-bond acceptors (Lipinski definition) is 7. The van der Waals surface area contributed by atoms with Crippen molar-refractivity contribution in [2.45, 2.75) is 20.0 Å². The van der Waals surface area contributed by atoms with Gasteiger partial charge in [-0.1, -0.05) is 12.1 Å². The largest absolute Gasteiger partial charge is 0.491 e. The van der Waals surface area contributed by atoms with Crippen LogP contribution in [0.3, 0.4) is 0 Å². The molecule has 4 rings (SSSR count). The zero-order chi connectivity index (χ0) is 22.7. The van der Waals surface area contributed by atoms with Gasteiger partial charge in [-0.3, -0.25) is 9.78 Å². The molecular weight excluding hydrogens is 410 g/mol. The third kappa shape index (κ3) is 4.74. The van der Waals surface area contributed by atoms with Crippen LogP contribution in [0.5, 0.6) is 5.75 Å². The number of aliphatic hydroxyl groups excluding tert-OH is 2. The first kappa shape index (κ1) is 21.4. The van der Waals surface area contributed by atoms with Gasteiger partial charge in [0.1, 0.15) is 18.5 Å². The highest BCUT2D eigenvalue weighted by Gasteiger charge is 2.15. The fourth-order valence-corrected chi connectivity index (χ4v) is 3.27. The number of pyridine rings is 1. The van der Waals surface area contributed by atoms with Gasteiger partial charge in [0, 0.05) is 22.6 Å². The highest BCUT2D eigenvalue weighted by atomic mass is 16.5. The van der Waals surface area contributed by atoms with Crippen LogP contribution in [-0.4, -0.2) is 55.0 Å². The van der Waals surface area contributed by atoms with Gasteiger partial charge in [-0.15, -0.1) is 0 Å². The predicted molar refractivity (Wildman–Crippen MR) is 119 cm³/mol. The van der Waals surface area contributed by atoms with E-state index in [4.69, 9.17) is 9.84 Å². The van der Waals surface area contributed by atoms with E-state index in [1.807, 2.05) is 19.9 Å². The molecule has 0 bridgehead atoms. The lowest BCUT2D eigenvalue weighted by Crippen LogP contribution is -2.21. The van der Waals surface area contributed by atoms with Crippen LogP contribution >= 0.6 is 0 Å². The Morgan fingerprint density at radius 2 is 1.94 bits per heavy atom. The number of carbonyl (C=O) groups is 1. The van der Waals surface area contributed by atoms with Gasteiger partial charge in [0.15, 0.2) is 11.3 Å². The van der Waals surface area contributed by atoms with Gasteiger partial charge >= 0.3 is 0 Å². The number of amides is 1. The maximum atomic E-state index is 12.9. The molecule has 1 unspecified atom stereocenters. The molecule has 32 heavy (non-hydrogen) atoms. The van der Waals surface area contributed by atoms with Crippen LogP contribution in [0.2, 0.25) is 0 Å². The SMILES string of the molecule is Cc1cc(NC(=O)c2cnc3ccc(-c4cccc(OCC(O)CO)c4)nn23)cc(C)n1. The molecule has 0 aliphatic heterocycles. The van der Waals surface area contributed by atoms with Crippen molar-refractivity contribution in [1.82, 2.24) is 19.6 Å². The zero-order valence-corrected chi connectivity index (χ0v) is 17.7. The quantitative estimate of drug-likeness (QED) is 0.409. The highest BCUT2D eigenvalue weighted by Crippen LogP contribution is 2.23. The van der Waals surface area contributed by atoms with E-state index >= 15 is 0 Å². The van der Waals surface area contributed by atoms with E-state index in [2.05, 4.69) is 20.4 Å². The summed E-state index contributed by atoms with van der Waals surface area (Å²) >= 11 is 0. The Morgan fingerprint density at radius 1 is 1.16 bits per heavy atom. The normalized spacial score (nSPS) is 12.0. The second-order valence-corrected chi connectivity index (χ2v) is 7.40. The topological polar surface area (TPSA) is 122 Å². The van der Waals surface area contributed by atoms with Gasteiger partial charge < -0.3 is 20.3 Å². The lowest BCUT2D eigenvalue weighted by atomic mass is 10.1. The van der Waals surface area contributed by atoms with E-state index in [1.165, 1.54) is 10.7 Å². The molecule has 0 radical (unpaired) electrons. The van der Waals surface area contributed by atoms with E-state index < -0.39 is 6.10 Å². The molecule has 3 N–H and O–H groups in total. The van der Waals surface area contributed by atoms with Crippen molar-refractivity contribution in [2.24, 2.45) is 0 Å². The van der Waals surface area contributed by atoms with E-state index in [-0.39, 0.29) is 19.1 Å². The lowest BCUT2D eigenvalue weighted by molar-refractivity contribution is 0.0536. The molecule has 3 heterocycles. The average molecular weight is 433 g/mol. The molecule has 1 atom stereocenters. The van der Waals surface area contributed by atoms with E-state index in [0.29, 0.717) is 28.5 Å². The summed E-state index contributed by atoms with van der Waals surface area (Å²) in [4.78, 5) is 21.5. The molecule has 0 saturated heterocycles. The average Bonchev–Trinajstić information content (AvgIpc) is 3.20. The van der Waals surface area contributed by atoms with Crippen molar-refractivity contribution in [1.29, 1.82) is 0 Å². The summed E-state index contributed by atoms with van der Waals surface area (Å²) in [5, 5.41) is 25.9. The van der Waals surface area contributed by atoms with Gasteiger partial charge in [0.05, 0.1) is 18.5 Å². The highest BCUT2D eigenvalue weighted by molar-refractivity contribution is 6.03.